The largest absolute Gasteiger partial charge is 0.348 e. The van der Waals surface area contributed by atoms with Gasteiger partial charge in [0.05, 0.1) is 0 Å². The molecule has 0 aliphatic heterocycles. The quantitative estimate of drug-likeness (QED) is 0.659. The number of hydrogen-bond acceptors (Lipinski definition) is 2. The van der Waals surface area contributed by atoms with Crippen LogP contribution in [0.15, 0.2) is 12.2 Å². The molecule has 0 aliphatic rings. The minimum Gasteiger partial charge on any atom is -0.348 e. The Labute approximate surface area is 85.0 Å². The van der Waals surface area contributed by atoms with Crippen LogP contribution in [0.2, 0.25) is 0 Å². The highest BCUT2D eigenvalue weighted by Crippen LogP contribution is 1.97. The third-order valence-corrected chi connectivity index (χ3v) is 1.32. The highest BCUT2D eigenvalue weighted by atomic mass is 16.2. The van der Waals surface area contributed by atoms with Crippen LogP contribution in [0.5, 0.6) is 0 Å². The van der Waals surface area contributed by atoms with Crippen LogP contribution in [0.1, 0.15) is 20.8 Å². The van der Waals surface area contributed by atoms with Crippen molar-refractivity contribution in [2.45, 2.75) is 26.3 Å². The van der Waals surface area contributed by atoms with E-state index in [-0.39, 0.29) is 17.4 Å². The van der Waals surface area contributed by atoms with E-state index in [0.29, 0.717) is 0 Å². The van der Waals surface area contributed by atoms with Gasteiger partial charge in [0.2, 0.25) is 11.8 Å². The van der Waals surface area contributed by atoms with Gasteiger partial charge in [0.15, 0.2) is 0 Å². The molecule has 0 saturated heterocycles. The molecule has 0 aromatic carbocycles. The van der Waals surface area contributed by atoms with Crippen LogP contribution >= 0.6 is 0 Å². The summed E-state index contributed by atoms with van der Waals surface area (Å²) in [5, 5.41) is 2.72. The van der Waals surface area contributed by atoms with Gasteiger partial charge in [-0.2, -0.15) is 0 Å². The van der Waals surface area contributed by atoms with Gasteiger partial charge in [0, 0.05) is 31.8 Å². The summed E-state index contributed by atoms with van der Waals surface area (Å²) >= 11 is 0. The Balaban J connectivity index is 4.14. The number of carbonyl (C=O) groups is 2. The van der Waals surface area contributed by atoms with Crippen molar-refractivity contribution in [2.75, 3.05) is 14.1 Å². The Morgan fingerprint density at radius 1 is 1.14 bits per heavy atom. The Bertz CT molecular complexity index is 249. The number of amides is 2. The van der Waals surface area contributed by atoms with Gasteiger partial charge in [-0.3, -0.25) is 9.59 Å². The fourth-order valence-electron chi connectivity index (χ4n) is 0.707. The molecule has 1 N–H and O–H groups in total. The molecule has 0 aliphatic carbocycles. The minimum absolute atomic E-state index is 0.200. The highest BCUT2D eigenvalue weighted by molar-refractivity contribution is 5.96. The van der Waals surface area contributed by atoms with Crippen molar-refractivity contribution < 1.29 is 9.59 Å². The molecule has 80 valence electrons. The Hall–Kier alpha value is -1.32. The van der Waals surface area contributed by atoms with E-state index in [2.05, 4.69) is 5.32 Å². The molecule has 0 spiro atoms. The van der Waals surface area contributed by atoms with E-state index in [0.717, 1.165) is 0 Å². The van der Waals surface area contributed by atoms with E-state index in [1.165, 1.54) is 17.1 Å². The first-order valence-electron chi connectivity index (χ1n) is 4.44. The Morgan fingerprint density at radius 3 is 2.00 bits per heavy atom. The maximum Gasteiger partial charge on any atom is 0.246 e. The topological polar surface area (TPSA) is 49.4 Å². The van der Waals surface area contributed by atoms with Crippen LogP contribution in [0, 0.1) is 0 Å². The van der Waals surface area contributed by atoms with E-state index in [1.807, 2.05) is 20.8 Å². The summed E-state index contributed by atoms with van der Waals surface area (Å²) in [6.45, 7) is 5.64. The molecule has 4 heteroatoms. The normalized spacial score (nSPS) is 11.5. The van der Waals surface area contributed by atoms with E-state index in [9.17, 15) is 9.59 Å². The highest BCUT2D eigenvalue weighted by Gasteiger charge is 2.11. The van der Waals surface area contributed by atoms with Gasteiger partial charge >= 0.3 is 0 Å². The predicted molar refractivity (Wildman–Crippen MR) is 55.7 cm³/mol. The van der Waals surface area contributed by atoms with Crippen molar-refractivity contribution >= 4 is 11.8 Å². The second-order valence-electron chi connectivity index (χ2n) is 4.31. The first-order chi connectivity index (χ1) is 6.22. The Morgan fingerprint density at radius 2 is 1.64 bits per heavy atom. The van der Waals surface area contributed by atoms with Gasteiger partial charge in [-0.1, -0.05) is 0 Å². The van der Waals surface area contributed by atoms with Crippen LogP contribution in [0.3, 0.4) is 0 Å². The molecule has 0 rings (SSSR count). The monoisotopic (exact) mass is 198 g/mol. The summed E-state index contributed by atoms with van der Waals surface area (Å²) in [5.41, 5.74) is -0.275. The van der Waals surface area contributed by atoms with E-state index in [1.54, 1.807) is 14.1 Å². The van der Waals surface area contributed by atoms with Crippen molar-refractivity contribution in [3.8, 4) is 0 Å². The van der Waals surface area contributed by atoms with Gasteiger partial charge in [-0.05, 0) is 20.8 Å². The smallest absolute Gasteiger partial charge is 0.246 e. The first kappa shape index (κ1) is 12.7. The SMILES string of the molecule is CN(C)C(=O)/C=C/C(=O)NC(C)(C)C. The van der Waals surface area contributed by atoms with Gasteiger partial charge in [0.1, 0.15) is 0 Å². The van der Waals surface area contributed by atoms with Crippen molar-refractivity contribution in [1.82, 2.24) is 10.2 Å². The van der Waals surface area contributed by atoms with Crippen molar-refractivity contribution in [3.63, 3.8) is 0 Å². The molecule has 14 heavy (non-hydrogen) atoms. The molecule has 0 aromatic rings. The lowest BCUT2D eigenvalue weighted by Gasteiger charge is -2.19. The van der Waals surface area contributed by atoms with Crippen LogP contribution in [0.25, 0.3) is 0 Å². The lowest BCUT2D eigenvalue weighted by molar-refractivity contribution is -0.124. The van der Waals surface area contributed by atoms with Gasteiger partial charge < -0.3 is 10.2 Å². The zero-order chi connectivity index (χ0) is 11.4. The second-order valence-corrected chi connectivity index (χ2v) is 4.31. The van der Waals surface area contributed by atoms with Crippen molar-refractivity contribution in [1.29, 1.82) is 0 Å². The fraction of sp³-hybridized carbons (Fsp3) is 0.600. The molecule has 2 amide bonds. The molecular formula is C10H18N2O2. The molecule has 0 bridgehead atoms. The maximum atomic E-state index is 11.2. The minimum atomic E-state index is -0.275. The average molecular weight is 198 g/mol. The van der Waals surface area contributed by atoms with Crippen LogP contribution in [-0.2, 0) is 9.59 Å². The number of carbonyl (C=O) groups excluding carboxylic acids is 2. The number of likely N-dealkylation sites (N-methyl/N-ethyl adjacent to an activating group) is 1. The number of nitrogens with zero attached hydrogens (tertiary/aromatic N) is 1. The molecular weight excluding hydrogens is 180 g/mol. The lowest BCUT2D eigenvalue weighted by Crippen LogP contribution is -2.39. The molecule has 0 fully saturated rings. The van der Waals surface area contributed by atoms with Crippen LogP contribution in [0.4, 0.5) is 0 Å². The van der Waals surface area contributed by atoms with Crippen LogP contribution in [-0.4, -0.2) is 36.3 Å². The number of nitrogens with one attached hydrogen (secondary N) is 1. The second kappa shape index (κ2) is 4.79. The van der Waals surface area contributed by atoms with Gasteiger partial charge in [-0.25, -0.2) is 0 Å². The lowest BCUT2D eigenvalue weighted by atomic mass is 10.1. The summed E-state index contributed by atoms with van der Waals surface area (Å²) in [5.74, 6) is -0.457. The molecule has 0 unspecified atom stereocenters. The van der Waals surface area contributed by atoms with Crippen molar-refractivity contribution in [3.05, 3.63) is 12.2 Å². The zero-order valence-corrected chi connectivity index (χ0v) is 9.42. The number of rotatable bonds is 2. The molecule has 0 atom stereocenters. The van der Waals surface area contributed by atoms with E-state index in [4.69, 9.17) is 0 Å². The third kappa shape index (κ3) is 6.22. The Kier molecular flexibility index (Phi) is 4.34. The molecule has 0 aromatic heterocycles. The van der Waals surface area contributed by atoms with Gasteiger partial charge in [-0.15, -0.1) is 0 Å². The summed E-state index contributed by atoms with van der Waals surface area (Å²) in [6.07, 6.45) is 2.49. The summed E-state index contributed by atoms with van der Waals surface area (Å²) < 4.78 is 0. The third-order valence-electron chi connectivity index (χ3n) is 1.32. The average Bonchev–Trinajstić information content (AvgIpc) is 1.96. The summed E-state index contributed by atoms with van der Waals surface area (Å²) in [7, 11) is 3.27. The number of hydrogen-bond donors (Lipinski definition) is 1. The molecule has 4 nitrogen and oxygen atoms in total. The van der Waals surface area contributed by atoms with E-state index >= 15 is 0 Å². The zero-order valence-electron chi connectivity index (χ0n) is 9.42. The van der Waals surface area contributed by atoms with Crippen molar-refractivity contribution in [2.24, 2.45) is 0 Å². The standard InChI is InChI=1S/C10H18N2O2/c1-10(2,3)11-8(13)6-7-9(14)12(4)5/h6-7H,1-5H3,(H,11,13)/b7-6+. The molecule has 0 heterocycles. The molecule has 0 radical (unpaired) electrons. The molecule has 0 saturated carbocycles. The first-order valence-corrected chi connectivity index (χ1v) is 4.44. The van der Waals surface area contributed by atoms with E-state index < -0.39 is 0 Å². The summed E-state index contributed by atoms with van der Waals surface area (Å²) in [4.78, 5) is 23.7. The predicted octanol–water partition coefficient (Wildman–Crippen LogP) is 0.545. The maximum absolute atomic E-state index is 11.2. The summed E-state index contributed by atoms with van der Waals surface area (Å²) in [6, 6.07) is 0. The van der Waals surface area contributed by atoms with Crippen LogP contribution < -0.4 is 5.32 Å². The van der Waals surface area contributed by atoms with Gasteiger partial charge in [0.25, 0.3) is 0 Å². The fourth-order valence-corrected chi connectivity index (χ4v) is 0.707.